The van der Waals surface area contributed by atoms with Crippen LogP contribution in [0.1, 0.15) is 43.8 Å². The minimum absolute atomic E-state index is 0.0173. The van der Waals surface area contributed by atoms with Crippen molar-refractivity contribution >= 4 is 11.8 Å². The van der Waals surface area contributed by atoms with E-state index in [4.69, 9.17) is 0 Å². The first kappa shape index (κ1) is 17.5. The lowest BCUT2D eigenvalue weighted by Crippen LogP contribution is -2.38. The van der Waals surface area contributed by atoms with Gasteiger partial charge in [-0.05, 0) is 24.8 Å². The van der Waals surface area contributed by atoms with Gasteiger partial charge in [-0.15, -0.1) is 0 Å². The Labute approximate surface area is 137 Å². The molecule has 1 aromatic rings. The van der Waals surface area contributed by atoms with Gasteiger partial charge in [0.25, 0.3) is 0 Å². The molecule has 23 heavy (non-hydrogen) atoms. The number of amides is 2. The standard InChI is InChI=1S/C18H26N2O3/c1-19(13-10-16(21)15-7-3-2-4-8-15)17(22)11-14-20-12-6-5-9-18(20)23/h2-4,7-8,16,21H,5-6,9-14H2,1H3. The molecule has 1 aliphatic rings. The molecule has 1 fully saturated rings. The zero-order valence-electron chi connectivity index (χ0n) is 13.8. The van der Waals surface area contributed by atoms with E-state index in [1.54, 1.807) is 16.8 Å². The molecule has 1 unspecified atom stereocenters. The summed E-state index contributed by atoms with van der Waals surface area (Å²) in [5, 5.41) is 10.1. The van der Waals surface area contributed by atoms with E-state index in [1.807, 2.05) is 30.3 Å². The Hall–Kier alpha value is -1.88. The molecule has 0 radical (unpaired) electrons. The molecule has 126 valence electrons. The van der Waals surface area contributed by atoms with Crippen molar-refractivity contribution in [2.24, 2.45) is 0 Å². The molecule has 1 saturated heterocycles. The second-order valence-corrected chi connectivity index (χ2v) is 6.12. The number of piperidine rings is 1. The molecular formula is C18H26N2O3. The molecule has 5 nitrogen and oxygen atoms in total. The van der Waals surface area contributed by atoms with Crippen molar-refractivity contribution in [2.45, 2.75) is 38.2 Å². The molecule has 1 atom stereocenters. The minimum Gasteiger partial charge on any atom is -0.388 e. The average molecular weight is 318 g/mol. The first-order valence-electron chi connectivity index (χ1n) is 8.32. The quantitative estimate of drug-likeness (QED) is 0.836. The first-order valence-corrected chi connectivity index (χ1v) is 8.32. The fourth-order valence-electron chi connectivity index (χ4n) is 2.80. The second-order valence-electron chi connectivity index (χ2n) is 6.12. The SMILES string of the molecule is CN(CCC(O)c1ccccc1)C(=O)CCN1CCCCC1=O. The molecule has 0 bridgehead atoms. The van der Waals surface area contributed by atoms with Crippen molar-refractivity contribution < 1.29 is 14.7 Å². The fourth-order valence-corrected chi connectivity index (χ4v) is 2.80. The summed E-state index contributed by atoms with van der Waals surface area (Å²) in [6.07, 6.45) is 2.89. The van der Waals surface area contributed by atoms with Crippen LogP contribution in [0, 0.1) is 0 Å². The number of aliphatic hydroxyl groups is 1. The highest BCUT2D eigenvalue weighted by Gasteiger charge is 2.19. The number of carbonyl (C=O) groups is 2. The van der Waals surface area contributed by atoms with Gasteiger partial charge in [-0.25, -0.2) is 0 Å². The normalized spacial score (nSPS) is 16.3. The van der Waals surface area contributed by atoms with Crippen LogP contribution in [0.2, 0.25) is 0 Å². The minimum atomic E-state index is -0.560. The highest BCUT2D eigenvalue weighted by atomic mass is 16.3. The lowest BCUT2D eigenvalue weighted by atomic mass is 10.1. The summed E-state index contributed by atoms with van der Waals surface area (Å²) in [5.41, 5.74) is 0.868. The number of likely N-dealkylation sites (tertiary alicyclic amines) is 1. The second kappa shape index (κ2) is 8.67. The number of hydrogen-bond acceptors (Lipinski definition) is 3. The number of nitrogens with zero attached hydrogens (tertiary/aromatic N) is 2. The lowest BCUT2D eigenvalue weighted by molar-refractivity contribution is -0.135. The third-order valence-electron chi connectivity index (χ3n) is 4.37. The van der Waals surface area contributed by atoms with E-state index in [-0.39, 0.29) is 11.8 Å². The Balaban J connectivity index is 1.71. The van der Waals surface area contributed by atoms with E-state index in [1.165, 1.54) is 0 Å². The maximum atomic E-state index is 12.1. The monoisotopic (exact) mass is 318 g/mol. The average Bonchev–Trinajstić information content (AvgIpc) is 2.59. The third kappa shape index (κ3) is 5.36. The van der Waals surface area contributed by atoms with Crippen molar-refractivity contribution in [1.29, 1.82) is 0 Å². The van der Waals surface area contributed by atoms with Crippen molar-refractivity contribution in [3.8, 4) is 0 Å². The zero-order chi connectivity index (χ0) is 16.7. The number of benzene rings is 1. The van der Waals surface area contributed by atoms with Gasteiger partial charge in [-0.1, -0.05) is 30.3 Å². The smallest absolute Gasteiger partial charge is 0.224 e. The molecule has 1 aromatic carbocycles. The molecule has 2 amide bonds. The summed E-state index contributed by atoms with van der Waals surface area (Å²) in [5.74, 6) is 0.176. The van der Waals surface area contributed by atoms with E-state index in [9.17, 15) is 14.7 Å². The summed E-state index contributed by atoms with van der Waals surface area (Å²) in [7, 11) is 1.75. The Kier molecular flexibility index (Phi) is 6.59. The maximum absolute atomic E-state index is 12.1. The summed E-state index contributed by atoms with van der Waals surface area (Å²) < 4.78 is 0. The Morgan fingerprint density at radius 3 is 2.74 bits per heavy atom. The van der Waals surface area contributed by atoms with Crippen molar-refractivity contribution in [2.75, 3.05) is 26.7 Å². The van der Waals surface area contributed by atoms with Gasteiger partial charge in [-0.3, -0.25) is 9.59 Å². The van der Waals surface area contributed by atoms with Gasteiger partial charge in [-0.2, -0.15) is 0 Å². The van der Waals surface area contributed by atoms with Crippen LogP contribution in [-0.2, 0) is 9.59 Å². The summed E-state index contributed by atoms with van der Waals surface area (Å²) in [4.78, 5) is 27.3. The van der Waals surface area contributed by atoms with E-state index in [0.717, 1.165) is 24.9 Å². The first-order chi connectivity index (χ1) is 11.1. The van der Waals surface area contributed by atoms with Gasteiger partial charge in [0.15, 0.2) is 0 Å². The number of hydrogen-bond donors (Lipinski definition) is 1. The van der Waals surface area contributed by atoms with Gasteiger partial charge >= 0.3 is 0 Å². The van der Waals surface area contributed by atoms with Crippen molar-refractivity contribution in [1.82, 2.24) is 9.80 Å². The number of carbonyl (C=O) groups excluding carboxylic acids is 2. The molecule has 1 heterocycles. The van der Waals surface area contributed by atoms with Crippen LogP contribution in [0.3, 0.4) is 0 Å². The Morgan fingerprint density at radius 2 is 2.04 bits per heavy atom. The molecule has 2 rings (SSSR count). The highest BCUT2D eigenvalue weighted by molar-refractivity contribution is 5.79. The van der Waals surface area contributed by atoms with Crippen LogP contribution in [-0.4, -0.2) is 53.4 Å². The lowest BCUT2D eigenvalue weighted by Gasteiger charge is -2.27. The van der Waals surface area contributed by atoms with E-state index < -0.39 is 6.10 Å². The number of rotatable bonds is 7. The Bertz CT molecular complexity index is 518. The molecule has 0 spiro atoms. The summed E-state index contributed by atoms with van der Waals surface area (Å²) in [6.45, 7) is 1.77. The van der Waals surface area contributed by atoms with E-state index in [0.29, 0.717) is 32.4 Å². The highest BCUT2D eigenvalue weighted by Crippen LogP contribution is 2.16. The molecule has 5 heteroatoms. The molecule has 1 N–H and O–H groups in total. The predicted octanol–water partition coefficient (Wildman–Crippen LogP) is 1.97. The molecule has 0 aromatic heterocycles. The molecule has 0 saturated carbocycles. The van der Waals surface area contributed by atoms with Gasteiger partial charge in [0.05, 0.1) is 6.10 Å². The van der Waals surface area contributed by atoms with E-state index >= 15 is 0 Å². The number of aliphatic hydroxyl groups excluding tert-OH is 1. The van der Waals surface area contributed by atoms with Crippen LogP contribution in [0.15, 0.2) is 30.3 Å². The topological polar surface area (TPSA) is 60.9 Å². The summed E-state index contributed by atoms with van der Waals surface area (Å²) >= 11 is 0. The van der Waals surface area contributed by atoms with Gasteiger partial charge in [0, 0.05) is 39.5 Å². The van der Waals surface area contributed by atoms with Crippen molar-refractivity contribution in [3.05, 3.63) is 35.9 Å². The fraction of sp³-hybridized carbons (Fsp3) is 0.556. The Morgan fingerprint density at radius 1 is 1.30 bits per heavy atom. The van der Waals surface area contributed by atoms with Gasteiger partial charge in [0.2, 0.25) is 11.8 Å². The molecular weight excluding hydrogens is 292 g/mol. The van der Waals surface area contributed by atoms with Crippen LogP contribution in [0.5, 0.6) is 0 Å². The molecule has 0 aliphatic carbocycles. The third-order valence-corrected chi connectivity index (χ3v) is 4.37. The largest absolute Gasteiger partial charge is 0.388 e. The van der Waals surface area contributed by atoms with Crippen LogP contribution in [0.25, 0.3) is 0 Å². The van der Waals surface area contributed by atoms with E-state index in [2.05, 4.69) is 0 Å². The zero-order valence-corrected chi connectivity index (χ0v) is 13.8. The van der Waals surface area contributed by atoms with Gasteiger partial charge < -0.3 is 14.9 Å². The molecule has 1 aliphatic heterocycles. The van der Waals surface area contributed by atoms with Crippen LogP contribution >= 0.6 is 0 Å². The predicted molar refractivity (Wildman–Crippen MR) is 88.7 cm³/mol. The van der Waals surface area contributed by atoms with Gasteiger partial charge in [0.1, 0.15) is 0 Å². The summed E-state index contributed by atoms with van der Waals surface area (Å²) in [6, 6.07) is 9.46. The van der Waals surface area contributed by atoms with Crippen molar-refractivity contribution in [3.63, 3.8) is 0 Å². The van der Waals surface area contributed by atoms with Crippen LogP contribution in [0.4, 0.5) is 0 Å². The maximum Gasteiger partial charge on any atom is 0.224 e. The van der Waals surface area contributed by atoms with Crippen LogP contribution < -0.4 is 0 Å².